The van der Waals surface area contributed by atoms with Crippen molar-refractivity contribution in [3.63, 3.8) is 0 Å². The van der Waals surface area contributed by atoms with Crippen LogP contribution >= 0.6 is 11.6 Å². The Bertz CT molecular complexity index is 951. The number of halogens is 1. The fraction of sp³-hybridized carbons (Fsp3) is 0.500. The summed E-state index contributed by atoms with van der Waals surface area (Å²) >= 11 is 6.06. The van der Waals surface area contributed by atoms with E-state index in [0.717, 1.165) is 11.3 Å². The van der Waals surface area contributed by atoms with Crippen LogP contribution in [0.4, 0.5) is 10.6 Å². The number of rotatable bonds is 6. The van der Waals surface area contributed by atoms with Crippen molar-refractivity contribution in [1.29, 1.82) is 0 Å². The lowest BCUT2D eigenvalue weighted by Gasteiger charge is -2.29. The summed E-state index contributed by atoms with van der Waals surface area (Å²) in [5, 5.41) is 7.98. The van der Waals surface area contributed by atoms with Gasteiger partial charge in [0.2, 0.25) is 5.91 Å². The van der Waals surface area contributed by atoms with Crippen molar-refractivity contribution < 1.29 is 19.1 Å². The van der Waals surface area contributed by atoms with Gasteiger partial charge in [0.15, 0.2) is 0 Å². The molecule has 3 rings (SSSR count). The molecule has 2 amide bonds. The summed E-state index contributed by atoms with van der Waals surface area (Å²) in [6.45, 7) is 6.78. The molecule has 1 N–H and O–H groups in total. The second kappa shape index (κ2) is 9.60. The van der Waals surface area contributed by atoms with Gasteiger partial charge < -0.3 is 19.7 Å². The maximum absolute atomic E-state index is 12.5. The molecule has 1 aliphatic rings. The quantitative estimate of drug-likeness (QED) is 0.670. The molecule has 0 bridgehead atoms. The summed E-state index contributed by atoms with van der Waals surface area (Å²) in [6.07, 6.45) is 1.08. The first-order valence-corrected chi connectivity index (χ1v) is 10.7. The maximum atomic E-state index is 12.5. The first kappa shape index (κ1) is 22.9. The van der Waals surface area contributed by atoms with Crippen LogP contribution in [0.2, 0.25) is 5.02 Å². The number of fused-ring (bicyclic) bond motifs is 1. The second-order valence-corrected chi connectivity index (χ2v) is 8.89. The van der Waals surface area contributed by atoms with Crippen LogP contribution in [0.1, 0.15) is 44.9 Å². The van der Waals surface area contributed by atoms with Gasteiger partial charge in [-0.1, -0.05) is 23.7 Å². The molecule has 1 aromatic carbocycles. The normalized spacial score (nSPS) is 13.5. The number of anilines is 1. The number of amides is 2. The molecule has 0 unspecified atom stereocenters. The molecule has 168 valence electrons. The van der Waals surface area contributed by atoms with Crippen molar-refractivity contribution in [2.24, 2.45) is 7.05 Å². The van der Waals surface area contributed by atoms with Crippen molar-refractivity contribution in [3.05, 3.63) is 40.5 Å². The molecule has 0 aliphatic carbocycles. The van der Waals surface area contributed by atoms with Crippen molar-refractivity contribution in [2.45, 2.75) is 52.2 Å². The monoisotopic (exact) mass is 448 g/mol. The van der Waals surface area contributed by atoms with Crippen LogP contribution in [-0.2, 0) is 29.5 Å². The fourth-order valence-electron chi connectivity index (χ4n) is 3.31. The highest BCUT2D eigenvalue weighted by atomic mass is 35.5. The molecule has 0 saturated carbocycles. The van der Waals surface area contributed by atoms with Gasteiger partial charge in [-0.05, 0) is 39.3 Å². The number of para-hydroxylation sites is 1. The highest BCUT2D eigenvalue weighted by molar-refractivity contribution is 6.32. The van der Waals surface area contributed by atoms with Crippen molar-refractivity contribution in [2.75, 3.05) is 18.5 Å². The number of hydrogen-bond acceptors (Lipinski definition) is 5. The predicted octanol–water partition coefficient (Wildman–Crippen LogP) is 4.16. The Morgan fingerprint density at radius 2 is 2.00 bits per heavy atom. The van der Waals surface area contributed by atoms with E-state index in [9.17, 15) is 9.59 Å². The maximum Gasteiger partial charge on any atom is 0.410 e. The molecule has 0 fully saturated rings. The highest BCUT2D eigenvalue weighted by Crippen LogP contribution is 2.27. The van der Waals surface area contributed by atoms with Gasteiger partial charge in [0.25, 0.3) is 0 Å². The molecule has 9 heteroatoms. The standard InChI is InChI=1S/C22H29ClN4O4/c1-22(2,3)31-21(29)27-12-11-17-15(14-27)20(26(4)25-17)24-19(28)10-7-13-30-18-9-6-5-8-16(18)23/h5-6,8-9H,7,10-14H2,1-4H3,(H,24,28). The number of hydrogen-bond donors (Lipinski definition) is 1. The van der Waals surface area contributed by atoms with E-state index in [1.807, 2.05) is 32.9 Å². The molecule has 8 nitrogen and oxygen atoms in total. The Labute approximate surface area is 187 Å². The van der Waals surface area contributed by atoms with Crippen molar-refractivity contribution >= 4 is 29.4 Å². The van der Waals surface area contributed by atoms with E-state index in [0.29, 0.717) is 55.5 Å². The minimum absolute atomic E-state index is 0.136. The van der Waals surface area contributed by atoms with Gasteiger partial charge in [-0.15, -0.1) is 0 Å². The minimum Gasteiger partial charge on any atom is -0.492 e. The molecule has 1 aromatic heterocycles. The minimum atomic E-state index is -0.560. The molecule has 31 heavy (non-hydrogen) atoms. The lowest BCUT2D eigenvalue weighted by molar-refractivity contribution is -0.116. The second-order valence-electron chi connectivity index (χ2n) is 8.48. The summed E-state index contributed by atoms with van der Waals surface area (Å²) in [7, 11) is 1.78. The van der Waals surface area contributed by atoms with Crippen molar-refractivity contribution in [3.8, 4) is 5.75 Å². The van der Waals surface area contributed by atoms with Gasteiger partial charge in [0, 0.05) is 32.0 Å². The van der Waals surface area contributed by atoms with E-state index in [-0.39, 0.29) is 12.0 Å². The average molecular weight is 449 g/mol. The Morgan fingerprint density at radius 1 is 1.26 bits per heavy atom. The van der Waals surface area contributed by atoms with Crippen LogP contribution in [0.5, 0.6) is 5.75 Å². The zero-order valence-corrected chi connectivity index (χ0v) is 19.2. The molecule has 1 aliphatic heterocycles. The lowest BCUT2D eigenvalue weighted by Crippen LogP contribution is -2.40. The molecule has 0 spiro atoms. The summed E-state index contributed by atoms with van der Waals surface area (Å²) in [6, 6.07) is 7.23. The lowest BCUT2D eigenvalue weighted by atomic mass is 10.1. The molecule has 2 aromatic rings. The van der Waals surface area contributed by atoms with Gasteiger partial charge in [-0.25, -0.2) is 4.79 Å². The number of benzene rings is 1. The fourth-order valence-corrected chi connectivity index (χ4v) is 3.50. The van der Waals surface area contributed by atoms with E-state index in [2.05, 4.69) is 10.4 Å². The van der Waals surface area contributed by atoms with E-state index < -0.39 is 5.60 Å². The number of aromatic nitrogens is 2. The third kappa shape index (κ3) is 6.13. The Balaban J connectivity index is 1.55. The zero-order chi connectivity index (χ0) is 22.6. The first-order chi connectivity index (χ1) is 14.6. The Hall–Kier alpha value is -2.74. The molecular weight excluding hydrogens is 420 g/mol. The van der Waals surface area contributed by atoms with Crippen LogP contribution in [0.15, 0.2) is 24.3 Å². The molecular formula is C22H29ClN4O4. The number of carbonyl (C=O) groups is 2. The Morgan fingerprint density at radius 3 is 2.71 bits per heavy atom. The third-order valence-electron chi connectivity index (χ3n) is 4.75. The van der Waals surface area contributed by atoms with Crippen LogP contribution in [0, 0.1) is 0 Å². The van der Waals surface area contributed by atoms with Crippen LogP contribution in [0.3, 0.4) is 0 Å². The summed E-state index contributed by atoms with van der Waals surface area (Å²) < 4.78 is 12.8. The largest absolute Gasteiger partial charge is 0.492 e. The van der Waals surface area contributed by atoms with Gasteiger partial charge in [-0.3, -0.25) is 9.48 Å². The molecule has 0 atom stereocenters. The average Bonchev–Trinajstić information content (AvgIpc) is 2.99. The first-order valence-electron chi connectivity index (χ1n) is 10.3. The van der Waals surface area contributed by atoms with Crippen LogP contribution < -0.4 is 10.1 Å². The van der Waals surface area contributed by atoms with Crippen LogP contribution in [0.25, 0.3) is 0 Å². The van der Waals surface area contributed by atoms with E-state index in [4.69, 9.17) is 21.1 Å². The predicted molar refractivity (Wildman–Crippen MR) is 118 cm³/mol. The molecule has 0 radical (unpaired) electrons. The number of nitrogens with one attached hydrogen (secondary N) is 1. The number of ether oxygens (including phenoxy) is 2. The van der Waals surface area contributed by atoms with Gasteiger partial charge in [-0.2, -0.15) is 5.10 Å². The molecule has 2 heterocycles. The van der Waals surface area contributed by atoms with Gasteiger partial charge in [0.1, 0.15) is 17.2 Å². The topological polar surface area (TPSA) is 85.7 Å². The summed E-state index contributed by atoms with van der Waals surface area (Å²) in [4.78, 5) is 26.6. The smallest absolute Gasteiger partial charge is 0.410 e. The Kier molecular flexibility index (Phi) is 7.10. The van der Waals surface area contributed by atoms with Gasteiger partial charge in [0.05, 0.1) is 23.9 Å². The highest BCUT2D eigenvalue weighted by Gasteiger charge is 2.30. The van der Waals surface area contributed by atoms with Crippen LogP contribution in [-0.4, -0.2) is 45.4 Å². The molecule has 0 saturated heterocycles. The number of aryl methyl sites for hydroxylation is 1. The number of nitrogens with zero attached hydrogens (tertiary/aromatic N) is 3. The third-order valence-corrected chi connectivity index (χ3v) is 5.06. The van der Waals surface area contributed by atoms with E-state index >= 15 is 0 Å². The van der Waals surface area contributed by atoms with Crippen molar-refractivity contribution in [1.82, 2.24) is 14.7 Å². The summed E-state index contributed by atoms with van der Waals surface area (Å²) in [5.74, 6) is 1.08. The van der Waals surface area contributed by atoms with E-state index in [1.54, 1.807) is 28.8 Å². The SMILES string of the molecule is Cn1nc2c(c1NC(=O)CCCOc1ccccc1Cl)CN(C(=O)OC(C)(C)C)CC2. The summed E-state index contributed by atoms with van der Waals surface area (Å²) in [5.41, 5.74) is 1.18. The number of carbonyl (C=O) groups excluding carboxylic acids is 2. The van der Waals surface area contributed by atoms with Gasteiger partial charge >= 0.3 is 6.09 Å². The van der Waals surface area contributed by atoms with E-state index in [1.165, 1.54) is 0 Å². The zero-order valence-electron chi connectivity index (χ0n) is 18.4.